The second-order valence-corrected chi connectivity index (χ2v) is 27.9. The highest BCUT2D eigenvalue weighted by molar-refractivity contribution is 7.28. The Kier molecular flexibility index (Phi) is 19.1. The summed E-state index contributed by atoms with van der Waals surface area (Å²) >= 11 is 5.57. The van der Waals surface area contributed by atoms with E-state index in [1.54, 1.807) is 41.5 Å². The Bertz CT molecular complexity index is 4800. The SMILES string of the molecule is Cc1noc(C#Cc2cc3sc(C4(C(=O)O)CC4)nc3s2)c1NC(=O)O[C@H](C)c1ccccc1.Cc1noc(C#Cc2nc3oc(C4(C(=O)O)CC4)nc3o2)c1NC(=O)O[C@H](C)c1ccccc1.Cc1noc(C#Cc2nc3sc(C4(C(=O)O)CC4)cc3s2)c1NC(=O)O[C@H](C)c1ccccc1. The number of hydrogen-bond acceptors (Lipinski definition) is 25. The topological polar surface area (TPSA) is 383 Å². The summed E-state index contributed by atoms with van der Waals surface area (Å²) < 4.78 is 44.8. The number of ether oxygens (including phenoxy) is 3. The summed E-state index contributed by atoms with van der Waals surface area (Å²) in [6, 6.07) is 31.9. The molecule has 6 N–H and O–H groups in total. The third-order valence-corrected chi connectivity index (χ3v) is 21.3. The van der Waals surface area contributed by atoms with E-state index in [4.69, 9.17) is 36.6 Å². The Hall–Kier alpha value is -12.0. The van der Waals surface area contributed by atoms with Crippen LogP contribution in [0.5, 0.6) is 0 Å². The van der Waals surface area contributed by atoms with Crippen LogP contribution in [0.25, 0.3) is 30.5 Å². The van der Waals surface area contributed by atoms with Crippen LogP contribution in [0.2, 0.25) is 0 Å². The van der Waals surface area contributed by atoms with E-state index in [1.807, 2.05) is 103 Å². The van der Waals surface area contributed by atoms with Gasteiger partial charge in [0.1, 0.15) is 83.4 Å². The van der Waals surface area contributed by atoms with E-state index < -0.39 is 70.7 Å². The average molecular weight is 1450 g/mol. The van der Waals surface area contributed by atoms with Crippen LogP contribution in [0.15, 0.2) is 126 Å². The zero-order chi connectivity index (χ0) is 71.6. The summed E-state index contributed by atoms with van der Waals surface area (Å²) in [6.45, 7) is 10.4. The third-order valence-electron chi connectivity index (χ3n) is 16.7. The van der Waals surface area contributed by atoms with Crippen molar-refractivity contribution in [1.82, 2.24) is 35.4 Å². The minimum absolute atomic E-state index is 0.0201. The van der Waals surface area contributed by atoms with Crippen LogP contribution >= 0.6 is 45.3 Å². The number of thiophene rings is 2. The summed E-state index contributed by atoms with van der Waals surface area (Å²) in [6.07, 6.45) is 0.194. The molecular weight excluding hydrogens is 1390 g/mol. The molecule has 3 aromatic carbocycles. The molecule has 3 saturated carbocycles. The number of benzene rings is 3. The van der Waals surface area contributed by atoms with Crippen LogP contribution in [0, 0.1) is 56.3 Å². The van der Waals surface area contributed by atoms with Gasteiger partial charge in [0.25, 0.3) is 17.3 Å². The molecule has 0 radical (unpaired) electrons. The lowest BCUT2D eigenvalue weighted by atomic mass is 10.1. The fourth-order valence-corrected chi connectivity index (χ4v) is 14.9. The molecule has 31 heteroatoms. The molecule has 0 unspecified atom stereocenters. The lowest BCUT2D eigenvalue weighted by Gasteiger charge is -2.13. The Morgan fingerprint density at radius 3 is 1.31 bits per heavy atom. The summed E-state index contributed by atoms with van der Waals surface area (Å²) in [5.41, 5.74) is 2.39. The van der Waals surface area contributed by atoms with Crippen molar-refractivity contribution in [2.75, 3.05) is 16.0 Å². The van der Waals surface area contributed by atoms with Crippen molar-refractivity contribution in [3.63, 3.8) is 0 Å². The lowest BCUT2D eigenvalue weighted by Crippen LogP contribution is -2.19. The summed E-state index contributed by atoms with van der Waals surface area (Å²) in [4.78, 5) is 92.1. The maximum Gasteiger partial charge on any atom is 0.412 e. The van der Waals surface area contributed by atoms with Gasteiger partial charge < -0.3 is 51.9 Å². The molecule has 9 heterocycles. The van der Waals surface area contributed by atoms with E-state index >= 15 is 0 Å². The number of rotatable bonds is 15. The highest BCUT2D eigenvalue weighted by atomic mass is 32.1. The molecule has 3 atom stereocenters. The van der Waals surface area contributed by atoms with Gasteiger partial charge in [-0.2, -0.15) is 9.97 Å². The van der Waals surface area contributed by atoms with Crippen molar-refractivity contribution in [3.05, 3.63) is 186 Å². The van der Waals surface area contributed by atoms with Gasteiger partial charge in [0.15, 0.2) is 5.01 Å². The largest absolute Gasteiger partial charge is 0.481 e. The molecule has 12 aromatic rings. The first-order valence-electron chi connectivity index (χ1n) is 31.4. The summed E-state index contributed by atoms with van der Waals surface area (Å²) in [5, 5.41) is 49.1. The standard InChI is InChI=1S/2C24H19N3O5S2.C23H18N4O7/c1-13-20(26-23(30)31-14(2)15-6-4-3-5-7-15)16(32-27-13)8-9-19-25-21-17(33-19)12-18(34-21)24(10-11-24)22(28)29;1-13-19(25-23(30)31-14(2)15-6-4-3-5-7-15)17(32-27-13)9-8-16-12-18-20(33-16)26-21(34-18)24(10-11-24)22(28)29;1-12-17(25-22(30)31-13(2)14-6-4-3-5-7-14)15(34-27-12)8-9-16-24-18-19(32-16)26-20(33-18)23(10-11-23)21(28)29/h3-7,12,14H,10-11H2,1-2H3,(H,26,30)(H,28,29);3-7,12,14H,10-11H2,1-2H3,(H,25,30)(H,28,29);3-7,13H,10-11H2,1-2H3,(H,25,30)(H,28,29)/t2*14-;13-/m111/s1. The van der Waals surface area contributed by atoms with Gasteiger partial charge in [-0.3, -0.25) is 30.3 Å². The van der Waals surface area contributed by atoms with Crippen molar-refractivity contribution in [2.45, 2.75) is 115 Å². The van der Waals surface area contributed by atoms with Crippen molar-refractivity contribution < 1.29 is 80.7 Å². The van der Waals surface area contributed by atoms with Gasteiger partial charge in [0.05, 0.1) is 14.3 Å². The number of carbonyl (C=O) groups excluding carboxylic acids is 3. The van der Waals surface area contributed by atoms with Crippen molar-refractivity contribution in [2.24, 2.45) is 0 Å². The van der Waals surface area contributed by atoms with Crippen LogP contribution in [-0.4, -0.2) is 86.9 Å². The second kappa shape index (κ2) is 28.4. The maximum absolute atomic E-state index is 12.4. The van der Waals surface area contributed by atoms with Gasteiger partial charge in [-0.05, 0) is 138 Å². The monoisotopic (exact) mass is 1450 g/mol. The maximum atomic E-state index is 12.4. The van der Waals surface area contributed by atoms with Crippen LogP contribution in [-0.2, 0) is 44.8 Å². The first-order chi connectivity index (χ1) is 49.1. The predicted molar refractivity (Wildman–Crippen MR) is 371 cm³/mol. The van der Waals surface area contributed by atoms with Crippen LogP contribution in [0.4, 0.5) is 31.4 Å². The van der Waals surface area contributed by atoms with E-state index in [2.05, 4.69) is 86.9 Å². The number of thiazole rings is 2. The summed E-state index contributed by atoms with van der Waals surface area (Å²) in [7, 11) is 0. The Labute approximate surface area is 593 Å². The molecule has 102 heavy (non-hydrogen) atoms. The molecule has 0 aliphatic heterocycles. The molecular formula is C71H56N10O17S4. The molecule has 27 nitrogen and oxygen atoms in total. The van der Waals surface area contributed by atoms with Crippen LogP contribution in [0.1, 0.15) is 160 Å². The number of nitrogens with zero attached hydrogens (tertiary/aromatic N) is 7. The minimum Gasteiger partial charge on any atom is -0.481 e. The number of fused-ring (bicyclic) bond motifs is 3. The zero-order valence-electron chi connectivity index (χ0n) is 54.6. The molecule has 0 saturated heterocycles. The minimum atomic E-state index is -1.10. The average Bonchev–Trinajstić information content (AvgIpc) is 1.60. The van der Waals surface area contributed by atoms with Crippen LogP contribution < -0.4 is 16.0 Å². The number of carboxylic acids is 3. The summed E-state index contributed by atoms with van der Waals surface area (Å²) in [5.74, 6) is 15.1. The molecule has 3 fully saturated rings. The van der Waals surface area contributed by atoms with Crippen molar-refractivity contribution in [3.8, 4) is 35.5 Å². The van der Waals surface area contributed by atoms with E-state index in [9.17, 15) is 44.1 Å². The number of carboxylic acid groups (broad SMARTS) is 3. The Morgan fingerprint density at radius 2 is 0.892 bits per heavy atom. The Morgan fingerprint density at radius 1 is 0.471 bits per heavy atom. The number of aryl methyl sites for hydroxylation is 3. The zero-order valence-corrected chi connectivity index (χ0v) is 57.9. The number of aromatic nitrogens is 7. The van der Waals surface area contributed by atoms with Gasteiger partial charge in [0, 0.05) is 10.8 Å². The van der Waals surface area contributed by atoms with E-state index in [0.717, 1.165) is 45.5 Å². The first kappa shape index (κ1) is 68.6. The van der Waals surface area contributed by atoms with Gasteiger partial charge in [-0.25, -0.2) is 24.4 Å². The van der Waals surface area contributed by atoms with Gasteiger partial charge in [-0.1, -0.05) is 106 Å². The molecule has 15 rings (SSSR count). The number of aliphatic carboxylic acids is 3. The molecule has 3 amide bonds. The van der Waals surface area contributed by atoms with Crippen molar-refractivity contribution in [1.29, 1.82) is 0 Å². The third kappa shape index (κ3) is 14.7. The molecule has 0 spiro atoms. The number of oxazole rings is 2. The van der Waals surface area contributed by atoms with Gasteiger partial charge in [-0.15, -0.1) is 45.3 Å². The highest BCUT2D eigenvalue weighted by Gasteiger charge is 2.57. The number of anilines is 3. The van der Waals surface area contributed by atoms with Gasteiger partial charge in [0.2, 0.25) is 23.2 Å². The van der Waals surface area contributed by atoms with E-state index in [0.29, 0.717) is 77.0 Å². The molecule has 3 aliphatic rings. The number of hydrogen-bond donors (Lipinski definition) is 6. The number of amides is 3. The molecule has 516 valence electrons. The molecule has 0 bridgehead atoms. The fraction of sp³-hybridized carbons (Fsp3) is 0.254. The quantitative estimate of drug-likeness (QED) is 0.0410. The first-order valence-corrected chi connectivity index (χ1v) is 34.7. The fourth-order valence-electron chi connectivity index (χ4n) is 10.3. The predicted octanol–water partition coefficient (Wildman–Crippen LogP) is 14.9. The molecule has 9 aromatic heterocycles. The number of carbonyl (C=O) groups is 6. The lowest BCUT2D eigenvalue weighted by molar-refractivity contribution is -0.141. The second-order valence-electron chi connectivity index (χ2n) is 23.8. The highest BCUT2D eigenvalue weighted by Crippen LogP contribution is 2.53. The van der Waals surface area contributed by atoms with E-state index in [1.165, 1.54) is 45.3 Å². The van der Waals surface area contributed by atoms with E-state index in [-0.39, 0.29) is 46.2 Å². The van der Waals surface area contributed by atoms with Crippen LogP contribution in [0.3, 0.4) is 0 Å². The smallest absolute Gasteiger partial charge is 0.412 e. The van der Waals surface area contributed by atoms with Crippen molar-refractivity contribution >= 4 is 129 Å². The normalized spacial score (nSPS) is 14.8. The van der Waals surface area contributed by atoms with Gasteiger partial charge >= 0.3 is 36.2 Å². The number of nitrogens with one attached hydrogen (secondary N) is 3. The molecule has 3 aliphatic carbocycles. The Balaban J connectivity index is 0.000000137.